The second-order valence-electron chi connectivity index (χ2n) is 2.33. The van der Waals surface area contributed by atoms with Gasteiger partial charge in [0.05, 0.1) is 0 Å². The lowest BCUT2D eigenvalue weighted by Gasteiger charge is -1.96. The summed E-state index contributed by atoms with van der Waals surface area (Å²) in [7, 11) is 0. The fraction of sp³-hybridized carbons (Fsp3) is 0.444. The van der Waals surface area contributed by atoms with Gasteiger partial charge in [0.2, 0.25) is 0 Å². The first-order chi connectivity index (χ1) is 4.18. The Morgan fingerprint density at radius 2 is 2.00 bits per heavy atom. The van der Waals surface area contributed by atoms with E-state index in [2.05, 4.69) is 26.0 Å². The van der Waals surface area contributed by atoms with Crippen molar-refractivity contribution in [3.63, 3.8) is 0 Å². The largest absolute Gasteiger partial charge is 0.0913 e. The highest BCUT2D eigenvalue weighted by atomic mass is 13.9. The Morgan fingerprint density at radius 1 is 1.44 bits per heavy atom. The second kappa shape index (κ2) is 4.37. The molecule has 0 saturated carbocycles. The minimum atomic E-state index is 1.05. The predicted octanol–water partition coefficient (Wildman–Crippen LogP) is 3.12. The molecular formula is C9H15. The molecule has 0 aromatic rings. The van der Waals surface area contributed by atoms with Crippen LogP contribution in [0.2, 0.25) is 0 Å². The number of hydrogen-bond donors (Lipinski definition) is 0. The lowest BCUT2D eigenvalue weighted by molar-refractivity contribution is 1.16. The van der Waals surface area contributed by atoms with Gasteiger partial charge in [0.15, 0.2) is 0 Å². The van der Waals surface area contributed by atoms with E-state index in [9.17, 15) is 0 Å². The molecule has 0 unspecified atom stereocenters. The van der Waals surface area contributed by atoms with E-state index in [1.165, 1.54) is 11.1 Å². The standard InChI is InChI=1S/C9H15/c1-5-6-7-9(4)8(2)3/h5-6H,2,7H2,1,3-4H3. The zero-order chi connectivity index (χ0) is 7.28. The van der Waals surface area contributed by atoms with Crippen LogP contribution in [0.3, 0.4) is 0 Å². The Labute approximate surface area is 58.3 Å². The van der Waals surface area contributed by atoms with Crippen LogP contribution in [0.4, 0.5) is 0 Å². The molecule has 1 radical (unpaired) electrons. The van der Waals surface area contributed by atoms with E-state index in [-0.39, 0.29) is 0 Å². The predicted molar refractivity (Wildman–Crippen MR) is 43.2 cm³/mol. The Kier molecular flexibility index (Phi) is 4.12. The number of hydrogen-bond acceptors (Lipinski definition) is 0. The van der Waals surface area contributed by atoms with Gasteiger partial charge in [0, 0.05) is 0 Å². The van der Waals surface area contributed by atoms with Crippen LogP contribution >= 0.6 is 0 Å². The summed E-state index contributed by atoms with van der Waals surface area (Å²) in [6.45, 7) is 10.0. The Morgan fingerprint density at radius 3 is 2.33 bits per heavy atom. The summed E-state index contributed by atoms with van der Waals surface area (Å²) in [6, 6.07) is 0. The zero-order valence-corrected chi connectivity index (χ0v) is 6.57. The van der Waals surface area contributed by atoms with Crippen LogP contribution in [0, 0.1) is 6.92 Å². The van der Waals surface area contributed by atoms with Crippen molar-refractivity contribution in [2.75, 3.05) is 0 Å². The summed E-state index contributed by atoms with van der Waals surface area (Å²) < 4.78 is 0. The van der Waals surface area contributed by atoms with Crippen molar-refractivity contribution in [1.29, 1.82) is 0 Å². The van der Waals surface area contributed by atoms with Crippen LogP contribution in [0.1, 0.15) is 27.2 Å². The van der Waals surface area contributed by atoms with E-state index in [0.29, 0.717) is 0 Å². The van der Waals surface area contributed by atoms with Crippen molar-refractivity contribution in [2.24, 2.45) is 0 Å². The fourth-order valence-corrected chi connectivity index (χ4v) is 0.469. The summed E-state index contributed by atoms with van der Waals surface area (Å²) in [6.07, 6.45) is 5.25. The first-order valence-corrected chi connectivity index (χ1v) is 3.28. The molecule has 0 spiro atoms. The highest BCUT2D eigenvalue weighted by Crippen LogP contribution is 2.06. The Bertz CT molecular complexity index is 123. The summed E-state index contributed by atoms with van der Waals surface area (Å²) in [5.41, 5.74) is 2.56. The van der Waals surface area contributed by atoms with Crippen LogP contribution in [-0.4, -0.2) is 0 Å². The molecule has 0 nitrogen and oxygen atoms in total. The third-order valence-corrected chi connectivity index (χ3v) is 1.39. The molecule has 0 aromatic carbocycles. The van der Waals surface area contributed by atoms with Gasteiger partial charge in [0.1, 0.15) is 0 Å². The Balaban J connectivity index is 3.77. The van der Waals surface area contributed by atoms with Crippen LogP contribution in [-0.2, 0) is 0 Å². The topological polar surface area (TPSA) is 0 Å². The monoisotopic (exact) mass is 123 g/mol. The van der Waals surface area contributed by atoms with Gasteiger partial charge in [-0.05, 0) is 34.1 Å². The van der Waals surface area contributed by atoms with Gasteiger partial charge >= 0.3 is 0 Å². The molecule has 0 N–H and O–H groups in total. The molecule has 9 heavy (non-hydrogen) atoms. The van der Waals surface area contributed by atoms with Crippen molar-refractivity contribution in [1.82, 2.24) is 0 Å². The maximum atomic E-state index is 3.84. The minimum Gasteiger partial charge on any atom is -0.0913 e. The van der Waals surface area contributed by atoms with Crippen LogP contribution in [0.5, 0.6) is 0 Å². The molecule has 0 aromatic heterocycles. The van der Waals surface area contributed by atoms with Crippen molar-refractivity contribution < 1.29 is 0 Å². The third kappa shape index (κ3) is 4.01. The van der Waals surface area contributed by atoms with Crippen molar-refractivity contribution in [2.45, 2.75) is 27.2 Å². The highest BCUT2D eigenvalue weighted by molar-refractivity contribution is 5.14. The number of allylic oxidation sites excluding steroid dienone is 4. The van der Waals surface area contributed by atoms with Gasteiger partial charge < -0.3 is 0 Å². The molecule has 0 heteroatoms. The van der Waals surface area contributed by atoms with Crippen molar-refractivity contribution in [3.05, 3.63) is 30.2 Å². The molecule has 51 valence electrons. The molecule has 0 saturated heterocycles. The molecule has 0 amide bonds. The van der Waals surface area contributed by atoms with E-state index in [1.54, 1.807) is 0 Å². The summed E-state index contributed by atoms with van der Waals surface area (Å²) in [4.78, 5) is 0. The van der Waals surface area contributed by atoms with Crippen LogP contribution < -0.4 is 0 Å². The first kappa shape index (κ1) is 8.48. The van der Waals surface area contributed by atoms with Crippen molar-refractivity contribution >= 4 is 0 Å². The molecule has 0 fully saturated rings. The van der Waals surface area contributed by atoms with Gasteiger partial charge in [-0.15, -0.1) is 0 Å². The zero-order valence-electron chi connectivity index (χ0n) is 6.57. The van der Waals surface area contributed by atoms with E-state index in [4.69, 9.17) is 0 Å². The van der Waals surface area contributed by atoms with E-state index in [0.717, 1.165) is 6.42 Å². The molecule has 0 aliphatic carbocycles. The molecule has 0 bridgehead atoms. The molecular weight excluding hydrogens is 108 g/mol. The molecule has 0 aliphatic rings. The van der Waals surface area contributed by atoms with Crippen LogP contribution in [0.15, 0.2) is 23.3 Å². The third-order valence-electron chi connectivity index (χ3n) is 1.39. The molecule has 0 heterocycles. The maximum Gasteiger partial charge on any atom is -0.0139 e. The SMILES string of the molecule is [CH2]C(C)=C(C)CC=CC. The van der Waals surface area contributed by atoms with Crippen LogP contribution in [0.25, 0.3) is 0 Å². The minimum absolute atomic E-state index is 1.05. The van der Waals surface area contributed by atoms with Gasteiger partial charge in [-0.3, -0.25) is 0 Å². The van der Waals surface area contributed by atoms with Gasteiger partial charge in [-0.2, -0.15) is 0 Å². The highest BCUT2D eigenvalue weighted by Gasteiger charge is 1.85. The Hall–Kier alpha value is -0.520. The lowest BCUT2D eigenvalue weighted by atomic mass is 10.1. The number of rotatable bonds is 2. The maximum absolute atomic E-state index is 3.84. The average Bonchev–Trinajstić information content (AvgIpc) is 1.82. The fourth-order valence-electron chi connectivity index (χ4n) is 0.469. The summed E-state index contributed by atoms with van der Waals surface area (Å²) in [5, 5.41) is 0. The smallest absolute Gasteiger partial charge is 0.0139 e. The second-order valence-corrected chi connectivity index (χ2v) is 2.33. The van der Waals surface area contributed by atoms with Gasteiger partial charge in [-0.1, -0.05) is 23.3 Å². The lowest BCUT2D eigenvalue weighted by Crippen LogP contribution is -1.76. The molecule has 0 rings (SSSR count). The first-order valence-electron chi connectivity index (χ1n) is 3.28. The van der Waals surface area contributed by atoms with Crippen molar-refractivity contribution in [3.8, 4) is 0 Å². The summed E-state index contributed by atoms with van der Waals surface area (Å²) >= 11 is 0. The summed E-state index contributed by atoms with van der Waals surface area (Å²) in [5.74, 6) is 0. The van der Waals surface area contributed by atoms with Gasteiger partial charge in [0.25, 0.3) is 0 Å². The van der Waals surface area contributed by atoms with E-state index < -0.39 is 0 Å². The molecule has 0 atom stereocenters. The van der Waals surface area contributed by atoms with E-state index in [1.807, 2.05) is 13.8 Å². The van der Waals surface area contributed by atoms with Gasteiger partial charge in [-0.25, -0.2) is 0 Å². The van der Waals surface area contributed by atoms with E-state index >= 15 is 0 Å². The average molecular weight is 123 g/mol. The quantitative estimate of drug-likeness (QED) is 0.495. The molecule has 0 aliphatic heterocycles. The normalized spacial score (nSPS) is 14.2.